The van der Waals surface area contributed by atoms with Gasteiger partial charge in [0.15, 0.2) is 5.13 Å². The van der Waals surface area contributed by atoms with Gasteiger partial charge >= 0.3 is 7.60 Å². The van der Waals surface area contributed by atoms with E-state index < -0.39 is 7.60 Å². The van der Waals surface area contributed by atoms with Crippen LogP contribution in [-0.4, -0.2) is 21.1 Å². The third kappa shape index (κ3) is 3.48. The van der Waals surface area contributed by atoms with Crippen LogP contribution in [0.1, 0.15) is 0 Å². The zero-order valence-electron chi connectivity index (χ0n) is 5.47. The molecule has 1 aromatic heterocycles. The average molecular weight is 194 g/mol. The van der Waals surface area contributed by atoms with Gasteiger partial charge in [-0.3, -0.25) is 4.57 Å². The molecule has 0 aliphatic carbocycles. The molecule has 1 heterocycles. The maximum Gasteiger partial charge on any atom is 0.344 e. The lowest BCUT2D eigenvalue weighted by atomic mass is 11.0. The summed E-state index contributed by atoms with van der Waals surface area (Å²) < 4.78 is 10.3. The molecule has 0 amide bonds. The fraction of sp³-hybridized carbons (Fsp3) is 0.250. The third-order valence-corrected chi connectivity index (χ3v) is 2.17. The van der Waals surface area contributed by atoms with Crippen LogP contribution in [0.2, 0.25) is 0 Å². The Morgan fingerprint density at radius 2 is 2.45 bits per heavy atom. The largest absolute Gasteiger partial charge is 0.350 e. The Morgan fingerprint density at radius 3 is 2.91 bits per heavy atom. The van der Waals surface area contributed by atoms with Gasteiger partial charge in [0.25, 0.3) is 0 Å². The minimum Gasteiger partial charge on any atom is -0.350 e. The van der Waals surface area contributed by atoms with Gasteiger partial charge in [0.1, 0.15) is 6.29 Å². The Hall–Kier alpha value is -0.420. The molecule has 0 aromatic carbocycles. The number of nitrogens with one attached hydrogen (secondary N) is 1. The van der Waals surface area contributed by atoms with Crippen LogP contribution in [-0.2, 0) is 4.57 Å². The molecular weight excluding hydrogens is 187 g/mol. The Morgan fingerprint density at radius 1 is 1.73 bits per heavy atom. The molecule has 3 N–H and O–H groups in total. The molecule has 0 aliphatic rings. The Bertz CT molecular complexity index is 256. The highest BCUT2D eigenvalue weighted by Crippen LogP contribution is 2.33. The second-order valence-electron chi connectivity index (χ2n) is 1.84. The highest BCUT2D eigenvalue weighted by atomic mass is 32.1. The van der Waals surface area contributed by atoms with Crippen LogP contribution in [0, 0.1) is 0 Å². The molecule has 1 rings (SSSR count). The van der Waals surface area contributed by atoms with Crippen molar-refractivity contribution in [2.75, 3.05) is 11.6 Å². The molecule has 1 aromatic rings. The summed E-state index contributed by atoms with van der Waals surface area (Å²) in [5, 5.41) is 4.75. The van der Waals surface area contributed by atoms with E-state index in [0.29, 0.717) is 5.13 Å². The molecule has 11 heavy (non-hydrogen) atoms. The number of rotatable bonds is 3. The van der Waals surface area contributed by atoms with Gasteiger partial charge < -0.3 is 15.1 Å². The molecule has 0 atom stereocenters. The van der Waals surface area contributed by atoms with E-state index in [1.807, 2.05) is 0 Å². The van der Waals surface area contributed by atoms with Crippen molar-refractivity contribution in [3.8, 4) is 0 Å². The number of thiazole rings is 1. The molecule has 0 fully saturated rings. The first-order chi connectivity index (χ1) is 5.08. The maximum atomic E-state index is 10.3. The van der Waals surface area contributed by atoms with Gasteiger partial charge in [0, 0.05) is 11.6 Å². The van der Waals surface area contributed by atoms with E-state index in [9.17, 15) is 4.57 Å². The van der Waals surface area contributed by atoms with Gasteiger partial charge in [-0.25, -0.2) is 4.98 Å². The lowest BCUT2D eigenvalue weighted by Gasteiger charge is -2.02. The van der Waals surface area contributed by atoms with E-state index in [0.717, 1.165) is 0 Å². The minimum atomic E-state index is -3.95. The van der Waals surface area contributed by atoms with Crippen molar-refractivity contribution < 1.29 is 14.4 Å². The Balaban J connectivity index is 2.41. The van der Waals surface area contributed by atoms with E-state index in [-0.39, 0.29) is 6.29 Å². The highest BCUT2D eigenvalue weighted by Gasteiger charge is 2.11. The first kappa shape index (κ1) is 8.67. The third-order valence-electron chi connectivity index (χ3n) is 0.869. The summed E-state index contributed by atoms with van der Waals surface area (Å²) in [7, 11) is -3.95. The second kappa shape index (κ2) is 3.32. The zero-order chi connectivity index (χ0) is 8.32. The van der Waals surface area contributed by atoms with E-state index in [1.165, 1.54) is 11.3 Å². The molecule has 0 aliphatic heterocycles. The summed E-state index contributed by atoms with van der Waals surface area (Å²) in [5.74, 6) is 0. The summed E-state index contributed by atoms with van der Waals surface area (Å²) in [6, 6.07) is 0. The average Bonchev–Trinajstić information content (AvgIpc) is 2.32. The number of aromatic nitrogens is 1. The topological polar surface area (TPSA) is 82.5 Å². The van der Waals surface area contributed by atoms with Crippen molar-refractivity contribution in [3.05, 3.63) is 11.6 Å². The van der Waals surface area contributed by atoms with Gasteiger partial charge in [-0.15, -0.1) is 11.3 Å². The molecule has 5 nitrogen and oxygen atoms in total. The SMILES string of the molecule is O=P(O)(O)CNc1nccs1. The van der Waals surface area contributed by atoms with Crippen molar-refractivity contribution in [2.24, 2.45) is 0 Å². The molecular formula is C4H7N2O3PS. The van der Waals surface area contributed by atoms with Crippen molar-refractivity contribution in [1.29, 1.82) is 0 Å². The number of hydrogen-bond donors (Lipinski definition) is 3. The lowest BCUT2D eigenvalue weighted by molar-refractivity contribution is 0.375. The summed E-state index contributed by atoms with van der Waals surface area (Å²) in [6.45, 7) is 0. The van der Waals surface area contributed by atoms with E-state index in [1.54, 1.807) is 11.6 Å². The first-order valence-electron chi connectivity index (χ1n) is 2.76. The van der Waals surface area contributed by atoms with Crippen molar-refractivity contribution in [1.82, 2.24) is 4.98 Å². The fourth-order valence-electron chi connectivity index (χ4n) is 0.481. The number of anilines is 1. The molecule has 62 valence electrons. The quantitative estimate of drug-likeness (QED) is 0.616. The highest BCUT2D eigenvalue weighted by molar-refractivity contribution is 7.51. The minimum absolute atomic E-state index is 0.361. The van der Waals surface area contributed by atoms with E-state index in [4.69, 9.17) is 9.79 Å². The normalized spacial score (nSPS) is 11.5. The van der Waals surface area contributed by atoms with Gasteiger partial charge in [0.2, 0.25) is 0 Å². The lowest BCUT2D eigenvalue weighted by Crippen LogP contribution is -2.00. The molecule has 0 saturated heterocycles. The Labute approximate surface area is 67.3 Å². The molecule has 7 heteroatoms. The molecule has 0 saturated carbocycles. The number of nitrogens with zero attached hydrogens (tertiary/aromatic N) is 1. The molecule has 0 unspecified atom stereocenters. The van der Waals surface area contributed by atoms with Crippen LogP contribution in [0.15, 0.2) is 11.6 Å². The van der Waals surface area contributed by atoms with Crippen molar-refractivity contribution in [2.45, 2.75) is 0 Å². The number of hydrogen-bond acceptors (Lipinski definition) is 4. The molecule has 0 radical (unpaired) electrons. The molecule has 0 spiro atoms. The van der Waals surface area contributed by atoms with Crippen LogP contribution in [0.5, 0.6) is 0 Å². The summed E-state index contributed by atoms with van der Waals surface area (Å²) in [6.07, 6.45) is 1.20. The fourth-order valence-corrected chi connectivity index (χ4v) is 1.47. The van der Waals surface area contributed by atoms with Gasteiger partial charge in [-0.05, 0) is 0 Å². The predicted octanol–water partition coefficient (Wildman–Crippen LogP) is 0.690. The van der Waals surface area contributed by atoms with Gasteiger partial charge in [0.05, 0.1) is 0 Å². The van der Waals surface area contributed by atoms with Crippen LogP contribution < -0.4 is 5.32 Å². The standard InChI is InChI=1S/C4H7N2O3PS/c7-10(8,9)3-6-4-5-1-2-11-4/h1-2H,3H2,(H,5,6)(H2,7,8,9). The summed E-state index contributed by atoms with van der Waals surface area (Å²) in [4.78, 5) is 20.7. The van der Waals surface area contributed by atoms with Crippen LogP contribution >= 0.6 is 18.9 Å². The van der Waals surface area contributed by atoms with Gasteiger partial charge in [-0.1, -0.05) is 0 Å². The van der Waals surface area contributed by atoms with Crippen LogP contribution in [0.3, 0.4) is 0 Å². The zero-order valence-corrected chi connectivity index (χ0v) is 7.18. The maximum absolute atomic E-state index is 10.3. The van der Waals surface area contributed by atoms with Crippen molar-refractivity contribution in [3.63, 3.8) is 0 Å². The van der Waals surface area contributed by atoms with Crippen LogP contribution in [0.4, 0.5) is 5.13 Å². The summed E-state index contributed by atoms with van der Waals surface area (Å²) >= 11 is 1.30. The molecule has 0 bridgehead atoms. The van der Waals surface area contributed by atoms with Gasteiger partial charge in [-0.2, -0.15) is 0 Å². The predicted molar refractivity (Wildman–Crippen MR) is 42.6 cm³/mol. The van der Waals surface area contributed by atoms with Crippen molar-refractivity contribution >= 4 is 24.1 Å². The van der Waals surface area contributed by atoms with Crippen LogP contribution in [0.25, 0.3) is 0 Å². The first-order valence-corrected chi connectivity index (χ1v) is 5.43. The smallest absolute Gasteiger partial charge is 0.344 e. The van der Waals surface area contributed by atoms with E-state index in [2.05, 4.69) is 10.3 Å². The monoisotopic (exact) mass is 194 g/mol. The van der Waals surface area contributed by atoms with E-state index >= 15 is 0 Å². The Kier molecular flexibility index (Phi) is 2.62. The summed E-state index contributed by atoms with van der Waals surface area (Å²) in [5.41, 5.74) is 0. The second-order valence-corrected chi connectivity index (χ2v) is 4.38.